The number of carbonyl (C=O) groups is 1. The summed E-state index contributed by atoms with van der Waals surface area (Å²) in [4.78, 5) is 14.4. The molecule has 0 fully saturated rings. The van der Waals surface area contributed by atoms with Gasteiger partial charge in [-0.2, -0.15) is 0 Å². The van der Waals surface area contributed by atoms with Gasteiger partial charge in [0.25, 0.3) is 0 Å². The quantitative estimate of drug-likeness (QED) is 0.805. The smallest absolute Gasteiger partial charge is 0.234 e. The topological polar surface area (TPSA) is 32.3 Å². The molecule has 0 aromatic heterocycles. The Morgan fingerprint density at radius 3 is 2.57 bits per heavy atom. The zero-order valence-electron chi connectivity index (χ0n) is 12.6. The summed E-state index contributed by atoms with van der Waals surface area (Å²) in [5, 5.41) is 3.29. The Kier molecular flexibility index (Phi) is 5.85. The fourth-order valence-electron chi connectivity index (χ4n) is 1.90. The van der Waals surface area contributed by atoms with Crippen molar-refractivity contribution in [1.82, 2.24) is 0 Å². The maximum Gasteiger partial charge on any atom is 0.234 e. The van der Waals surface area contributed by atoms with Gasteiger partial charge in [-0.25, -0.2) is 8.78 Å². The molecule has 7 heteroatoms. The molecule has 2 aromatic carbocycles. The summed E-state index contributed by atoms with van der Waals surface area (Å²) in [7, 11) is 3.71. The highest BCUT2D eigenvalue weighted by Gasteiger charge is 2.11. The first-order valence-electron chi connectivity index (χ1n) is 6.71. The number of amides is 1. The summed E-state index contributed by atoms with van der Waals surface area (Å²) in [5.41, 5.74) is 1.42. The van der Waals surface area contributed by atoms with Crippen molar-refractivity contribution in [3.05, 3.63) is 53.1 Å². The molecule has 23 heavy (non-hydrogen) atoms. The molecular formula is C16H15ClF2N2OS. The zero-order chi connectivity index (χ0) is 17.0. The van der Waals surface area contributed by atoms with Crippen LogP contribution in [0.25, 0.3) is 0 Å². The number of nitrogens with one attached hydrogen (secondary N) is 1. The molecule has 122 valence electrons. The average molecular weight is 357 g/mol. The van der Waals surface area contributed by atoms with Crippen molar-refractivity contribution in [3.8, 4) is 0 Å². The average Bonchev–Trinajstić information content (AvgIpc) is 2.48. The van der Waals surface area contributed by atoms with Crippen LogP contribution in [-0.2, 0) is 4.79 Å². The van der Waals surface area contributed by atoms with Gasteiger partial charge >= 0.3 is 0 Å². The fourth-order valence-corrected chi connectivity index (χ4v) is 2.79. The summed E-state index contributed by atoms with van der Waals surface area (Å²) >= 11 is 7.08. The van der Waals surface area contributed by atoms with Crippen molar-refractivity contribution in [2.45, 2.75) is 4.90 Å². The van der Waals surface area contributed by atoms with Crippen LogP contribution in [-0.4, -0.2) is 25.8 Å². The third-order valence-electron chi connectivity index (χ3n) is 2.98. The molecule has 0 saturated carbocycles. The van der Waals surface area contributed by atoms with Gasteiger partial charge in [-0.05, 0) is 36.4 Å². The number of rotatable bonds is 5. The molecule has 0 unspecified atom stereocenters. The summed E-state index contributed by atoms with van der Waals surface area (Å²) in [6, 6.07) is 8.75. The third-order valence-corrected chi connectivity index (χ3v) is 4.20. The second-order valence-corrected chi connectivity index (χ2v) is 6.45. The number of carbonyl (C=O) groups excluding carboxylic acids is 1. The van der Waals surface area contributed by atoms with Crippen molar-refractivity contribution in [3.63, 3.8) is 0 Å². The van der Waals surface area contributed by atoms with Gasteiger partial charge in [0.15, 0.2) is 11.6 Å². The first-order chi connectivity index (χ1) is 10.9. The molecule has 2 rings (SSSR count). The summed E-state index contributed by atoms with van der Waals surface area (Å²) in [5.74, 6) is -2.02. The lowest BCUT2D eigenvalue weighted by molar-refractivity contribution is -0.113. The number of hydrogen-bond acceptors (Lipinski definition) is 3. The molecular weight excluding hydrogens is 342 g/mol. The van der Waals surface area contributed by atoms with Crippen LogP contribution >= 0.6 is 23.4 Å². The van der Waals surface area contributed by atoms with Gasteiger partial charge in [-0.1, -0.05) is 11.6 Å². The van der Waals surface area contributed by atoms with Gasteiger partial charge in [-0.3, -0.25) is 4.79 Å². The Labute approximate surface area is 142 Å². The Hall–Kier alpha value is -1.79. The van der Waals surface area contributed by atoms with E-state index in [-0.39, 0.29) is 11.7 Å². The molecule has 0 bridgehead atoms. The maximum atomic E-state index is 13.1. The van der Waals surface area contributed by atoms with Gasteiger partial charge in [0, 0.05) is 24.0 Å². The normalized spacial score (nSPS) is 10.5. The Morgan fingerprint density at radius 1 is 1.17 bits per heavy atom. The van der Waals surface area contributed by atoms with E-state index in [4.69, 9.17) is 11.6 Å². The Balaban J connectivity index is 2.02. The predicted octanol–water partition coefficient (Wildman–Crippen LogP) is 4.42. The first kappa shape index (κ1) is 17.6. The van der Waals surface area contributed by atoms with Gasteiger partial charge in [-0.15, -0.1) is 11.8 Å². The van der Waals surface area contributed by atoms with Crippen LogP contribution in [0.5, 0.6) is 0 Å². The third kappa shape index (κ3) is 4.84. The van der Waals surface area contributed by atoms with Gasteiger partial charge in [0.05, 0.1) is 17.1 Å². The molecule has 0 saturated heterocycles. The molecule has 0 aliphatic heterocycles. The fraction of sp³-hybridized carbons (Fsp3) is 0.188. The molecule has 0 heterocycles. The summed E-state index contributed by atoms with van der Waals surface area (Å²) in [6.07, 6.45) is 0. The highest BCUT2D eigenvalue weighted by atomic mass is 35.5. The van der Waals surface area contributed by atoms with Gasteiger partial charge in [0.1, 0.15) is 0 Å². The summed E-state index contributed by atoms with van der Waals surface area (Å²) in [6.45, 7) is 0. The number of anilines is 2. The van der Waals surface area contributed by atoms with Crippen LogP contribution in [0.4, 0.5) is 20.2 Å². The predicted molar refractivity (Wildman–Crippen MR) is 91.5 cm³/mol. The van der Waals surface area contributed by atoms with Crippen LogP contribution in [0.3, 0.4) is 0 Å². The van der Waals surface area contributed by atoms with E-state index in [1.807, 2.05) is 19.0 Å². The van der Waals surface area contributed by atoms with E-state index in [1.54, 1.807) is 18.2 Å². The van der Waals surface area contributed by atoms with E-state index in [0.717, 1.165) is 29.6 Å². The number of benzene rings is 2. The van der Waals surface area contributed by atoms with E-state index in [1.165, 1.54) is 6.07 Å². The zero-order valence-corrected chi connectivity index (χ0v) is 14.1. The lowest BCUT2D eigenvalue weighted by Gasteiger charge is -2.18. The Morgan fingerprint density at radius 2 is 1.91 bits per heavy atom. The van der Waals surface area contributed by atoms with Crippen LogP contribution < -0.4 is 10.2 Å². The highest BCUT2D eigenvalue weighted by molar-refractivity contribution is 8.00. The van der Waals surface area contributed by atoms with Crippen LogP contribution in [0.15, 0.2) is 41.3 Å². The van der Waals surface area contributed by atoms with E-state index in [2.05, 4.69) is 5.32 Å². The van der Waals surface area contributed by atoms with Crippen molar-refractivity contribution in [2.75, 3.05) is 30.1 Å². The lowest BCUT2D eigenvalue weighted by Crippen LogP contribution is -2.18. The SMILES string of the molecule is CN(C)c1ccc(Cl)cc1NC(=O)CSc1ccc(F)c(F)c1. The molecule has 0 aliphatic carbocycles. The minimum absolute atomic E-state index is 0.0739. The van der Waals surface area contributed by atoms with Crippen molar-refractivity contribution in [1.29, 1.82) is 0 Å². The highest BCUT2D eigenvalue weighted by Crippen LogP contribution is 2.28. The maximum absolute atomic E-state index is 13.1. The molecule has 0 atom stereocenters. The second kappa shape index (κ2) is 7.66. The number of thioether (sulfide) groups is 1. The number of halogens is 3. The minimum Gasteiger partial charge on any atom is -0.376 e. The molecule has 2 aromatic rings. The monoisotopic (exact) mass is 356 g/mol. The lowest BCUT2D eigenvalue weighted by atomic mass is 10.2. The second-order valence-electron chi connectivity index (χ2n) is 4.97. The molecule has 0 aliphatic rings. The minimum atomic E-state index is -0.930. The van der Waals surface area contributed by atoms with E-state index < -0.39 is 11.6 Å². The largest absolute Gasteiger partial charge is 0.376 e. The molecule has 0 radical (unpaired) electrons. The molecule has 0 spiro atoms. The van der Waals surface area contributed by atoms with Crippen LogP contribution in [0.1, 0.15) is 0 Å². The first-order valence-corrected chi connectivity index (χ1v) is 8.08. The van der Waals surface area contributed by atoms with E-state index in [0.29, 0.717) is 15.6 Å². The van der Waals surface area contributed by atoms with Gasteiger partial charge in [0.2, 0.25) is 5.91 Å². The number of nitrogens with zero attached hydrogens (tertiary/aromatic N) is 1. The Bertz CT molecular complexity index is 725. The van der Waals surface area contributed by atoms with Crippen molar-refractivity contribution >= 4 is 40.6 Å². The van der Waals surface area contributed by atoms with Crippen LogP contribution in [0, 0.1) is 11.6 Å². The number of hydrogen-bond donors (Lipinski definition) is 1. The van der Waals surface area contributed by atoms with Crippen molar-refractivity contribution in [2.24, 2.45) is 0 Å². The molecule has 1 N–H and O–H groups in total. The van der Waals surface area contributed by atoms with Crippen LogP contribution in [0.2, 0.25) is 5.02 Å². The van der Waals surface area contributed by atoms with E-state index in [9.17, 15) is 13.6 Å². The molecule has 1 amide bonds. The van der Waals surface area contributed by atoms with Gasteiger partial charge < -0.3 is 10.2 Å². The van der Waals surface area contributed by atoms with E-state index >= 15 is 0 Å². The summed E-state index contributed by atoms with van der Waals surface area (Å²) < 4.78 is 26.0. The standard InChI is InChI=1S/C16H15ClF2N2OS/c1-21(2)15-6-3-10(17)7-14(15)20-16(22)9-23-11-4-5-12(18)13(19)8-11/h3-8H,9H2,1-2H3,(H,20,22). The molecule has 3 nitrogen and oxygen atoms in total. The van der Waals surface area contributed by atoms with Crippen molar-refractivity contribution < 1.29 is 13.6 Å².